The van der Waals surface area contributed by atoms with Crippen LogP contribution >= 0.6 is 69.6 Å². The first-order valence-electron chi connectivity index (χ1n) is 8.30. The largest absolute Gasteiger partial charge is 0.231 e. The van der Waals surface area contributed by atoms with Crippen molar-refractivity contribution < 1.29 is 0 Å². The van der Waals surface area contributed by atoms with Crippen LogP contribution < -0.4 is 0 Å². The van der Waals surface area contributed by atoms with Gasteiger partial charge in [0.1, 0.15) is 5.69 Å². The monoisotopic (exact) mass is 500 g/mol. The lowest BCUT2D eigenvalue weighted by Crippen LogP contribution is -1.99. The normalized spacial score (nSPS) is 11.1. The molecule has 0 saturated heterocycles. The van der Waals surface area contributed by atoms with Crippen molar-refractivity contribution in [2.45, 2.75) is 0 Å². The summed E-state index contributed by atoms with van der Waals surface area (Å²) >= 11 is 37.4. The number of aromatic nitrogens is 2. The summed E-state index contributed by atoms with van der Waals surface area (Å²) in [7, 11) is 0. The summed E-state index contributed by atoms with van der Waals surface area (Å²) in [6, 6.07) is 17.8. The Labute approximate surface area is 197 Å². The zero-order valence-corrected chi connectivity index (χ0v) is 19.0. The number of hydrogen-bond donors (Lipinski definition) is 0. The summed E-state index contributed by atoms with van der Waals surface area (Å²) < 4.78 is 1.73. The average molecular weight is 503 g/mol. The predicted octanol–water partition coefficient (Wildman–Crippen LogP) is 9.13. The van der Waals surface area contributed by atoms with E-state index in [0.29, 0.717) is 41.5 Å². The van der Waals surface area contributed by atoms with Gasteiger partial charge in [-0.05, 0) is 48.5 Å². The molecule has 0 aliphatic rings. The summed E-state index contributed by atoms with van der Waals surface area (Å²) in [6.07, 6.45) is 0. The third-order valence-corrected chi connectivity index (χ3v) is 6.37. The number of hydrogen-bond acceptors (Lipinski definition) is 1. The van der Waals surface area contributed by atoms with E-state index < -0.39 is 0 Å². The molecule has 8 heteroatoms. The van der Waals surface area contributed by atoms with Crippen LogP contribution in [0.5, 0.6) is 0 Å². The molecule has 0 amide bonds. The maximum absolute atomic E-state index is 6.80. The number of benzene rings is 3. The van der Waals surface area contributed by atoms with E-state index in [1.165, 1.54) is 0 Å². The quantitative estimate of drug-likeness (QED) is 0.273. The highest BCUT2D eigenvalue weighted by Gasteiger charge is 2.21. The Morgan fingerprint density at radius 1 is 0.586 bits per heavy atom. The molecule has 4 aromatic rings. The van der Waals surface area contributed by atoms with Crippen LogP contribution in [0.2, 0.25) is 30.1 Å². The second-order valence-electron chi connectivity index (χ2n) is 6.16. The third-order valence-electron chi connectivity index (χ3n) is 4.28. The molecule has 29 heavy (non-hydrogen) atoms. The Hall–Kier alpha value is -1.39. The maximum atomic E-state index is 6.80. The average Bonchev–Trinajstić information content (AvgIpc) is 3.04. The first-order chi connectivity index (χ1) is 13.8. The fourth-order valence-corrected chi connectivity index (χ4v) is 3.95. The highest BCUT2D eigenvalue weighted by molar-refractivity contribution is 6.43. The van der Waals surface area contributed by atoms with Gasteiger partial charge in [-0.25, -0.2) is 4.68 Å². The molecule has 0 unspecified atom stereocenters. The number of nitrogens with zero attached hydrogens (tertiary/aromatic N) is 2. The van der Waals surface area contributed by atoms with Gasteiger partial charge < -0.3 is 0 Å². The SMILES string of the molecule is Clc1ccc(-n2nc(-c3ccc(Cl)c(Cl)c3)c(Cl)c2-c2ccc(Cl)c(Cl)c2)cc1. The van der Waals surface area contributed by atoms with E-state index in [-0.39, 0.29) is 0 Å². The summed E-state index contributed by atoms with van der Waals surface area (Å²) in [4.78, 5) is 0. The van der Waals surface area contributed by atoms with Crippen LogP contribution in [0.25, 0.3) is 28.2 Å². The van der Waals surface area contributed by atoms with E-state index in [1.54, 1.807) is 41.1 Å². The van der Waals surface area contributed by atoms with Gasteiger partial charge in [-0.3, -0.25) is 0 Å². The standard InChI is InChI=1S/C21H10Cl6N2/c22-13-3-5-14(6-4-13)29-21(12-2-8-16(24)18(26)10-12)19(27)20(28-29)11-1-7-15(23)17(25)9-11/h1-10H. The molecule has 0 bridgehead atoms. The molecular weight excluding hydrogens is 493 g/mol. The molecule has 3 aromatic carbocycles. The van der Waals surface area contributed by atoms with E-state index in [9.17, 15) is 0 Å². The van der Waals surface area contributed by atoms with Crippen molar-refractivity contribution in [1.82, 2.24) is 9.78 Å². The third kappa shape index (κ3) is 4.11. The van der Waals surface area contributed by atoms with Gasteiger partial charge in [0.15, 0.2) is 0 Å². The molecular formula is C21H10Cl6N2. The molecule has 1 heterocycles. The fourth-order valence-electron chi connectivity index (χ4n) is 2.89. The second kappa shape index (κ2) is 8.39. The number of halogens is 6. The Morgan fingerprint density at radius 3 is 1.72 bits per heavy atom. The van der Waals surface area contributed by atoms with E-state index >= 15 is 0 Å². The van der Waals surface area contributed by atoms with Gasteiger partial charge in [0.2, 0.25) is 0 Å². The van der Waals surface area contributed by atoms with Crippen molar-refractivity contribution in [3.8, 4) is 28.2 Å². The topological polar surface area (TPSA) is 17.8 Å². The molecule has 0 N–H and O–H groups in total. The molecule has 146 valence electrons. The van der Waals surface area contributed by atoms with Crippen LogP contribution in [0.4, 0.5) is 0 Å². The zero-order chi connectivity index (χ0) is 20.7. The Bertz CT molecular complexity index is 1210. The molecule has 0 spiro atoms. The van der Waals surface area contributed by atoms with Crippen LogP contribution in [0.15, 0.2) is 60.7 Å². The van der Waals surface area contributed by atoms with E-state index in [1.807, 2.05) is 24.3 Å². The van der Waals surface area contributed by atoms with Crippen molar-refractivity contribution in [3.05, 3.63) is 90.8 Å². The van der Waals surface area contributed by atoms with Gasteiger partial charge in [0, 0.05) is 16.1 Å². The molecule has 0 fully saturated rings. The summed E-state index contributed by atoms with van der Waals surface area (Å²) in [6.45, 7) is 0. The first kappa shape index (κ1) is 20.9. The maximum Gasteiger partial charge on any atom is 0.112 e. The minimum atomic E-state index is 0.414. The Balaban J connectivity index is 1.98. The van der Waals surface area contributed by atoms with Crippen molar-refractivity contribution in [3.63, 3.8) is 0 Å². The van der Waals surface area contributed by atoms with Gasteiger partial charge in [-0.15, -0.1) is 0 Å². The van der Waals surface area contributed by atoms with E-state index in [0.717, 1.165) is 16.8 Å². The predicted molar refractivity (Wildman–Crippen MR) is 124 cm³/mol. The minimum absolute atomic E-state index is 0.414. The smallest absolute Gasteiger partial charge is 0.112 e. The molecule has 0 atom stereocenters. The fraction of sp³-hybridized carbons (Fsp3) is 0. The molecule has 0 aliphatic heterocycles. The highest BCUT2D eigenvalue weighted by Crippen LogP contribution is 2.40. The Kier molecular flexibility index (Phi) is 6.04. The van der Waals surface area contributed by atoms with E-state index in [2.05, 4.69) is 0 Å². The van der Waals surface area contributed by atoms with E-state index in [4.69, 9.17) is 74.7 Å². The van der Waals surface area contributed by atoms with Gasteiger partial charge >= 0.3 is 0 Å². The van der Waals surface area contributed by atoms with Crippen molar-refractivity contribution >= 4 is 69.6 Å². The van der Waals surface area contributed by atoms with Crippen LogP contribution in [0.1, 0.15) is 0 Å². The van der Waals surface area contributed by atoms with Crippen LogP contribution in [0.3, 0.4) is 0 Å². The van der Waals surface area contributed by atoms with Crippen LogP contribution in [-0.4, -0.2) is 9.78 Å². The molecule has 2 nitrogen and oxygen atoms in total. The first-order valence-corrected chi connectivity index (χ1v) is 10.6. The second-order valence-corrected chi connectivity index (χ2v) is 8.60. The summed E-state index contributed by atoms with van der Waals surface area (Å²) in [5.74, 6) is 0. The Morgan fingerprint density at radius 2 is 1.14 bits per heavy atom. The lowest BCUT2D eigenvalue weighted by atomic mass is 10.1. The summed E-state index contributed by atoms with van der Waals surface area (Å²) in [5, 5.41) is 7.54. The molecule has 1 aromatic heterocycles. The van der Waals surface area contributed by atoms with Crippen molar-refractivity contribution in [2.75, 3.05) is 0 Å². The molecule has 0 radical (unpaired) electrons. The van der Waals surface area contributed by atoms with Crippen molar-refractivity contribution in [2.24, 2.45) is 0 Å². The van der Waals surface area contributed by atoms with Crippen LogP contribution in [-0.2, 0) is 0 Å². The molecule has 0 aliphatic carbocycles. The minimum Gasteiger partial charge on any atom is -0.231 e. The lowest BCUT2D eigenvalue weighted by molar-refractivity contribution is 0.892. The lowest BCUT2D eigenvalue weighted by Gasteiger charge is -2.09. The van der Waals surface area contributed by atoms with Gasteiger partial charge in [0.05, 0.1) is 36.5 Å². The van der Waals surface area contributed by atoms with Crippen LogP contribution in [0, 0.1) is 0 Å². The van der Waals surface area contributed by atoms with Gasteiger partial charge in [0.25, 0.3) is 0 Å². The highest BCUT2D eigenvalue weighted by atomic mass is 35.5. The van der Waals surface area contributed by atoms with Gasteiger partial charge in [-0.2, -0.15) is 5.10 Å². The molecule has 4 rings (SSSR count). The number of rotatable bonds is 3. The summed E-state index contributed by atoms with van der Waals surface area (Å²) in [5.41, 5.74) is 3.50. The van der Waals surface area contributed by atoms with Crippen molar-refractivity contribution in [1.29, 1.82) is 0 Å². The van der Waals surface area contributed by atoms with Gasteiger partial charge in [-0.1, -0.05) is 81.7 Å². The molecule has 0 saturated carbocycles. The zero-order valence-electron chi connectivity index (χ0n) is 14.4.